The monoisotopic (exact) mass is 478 g/mol. The number of piperidine rings is 1. The van der Waals surface area contributed by atoms with Gasteiger partial charge in [-0.2, -0.15) is 0 Å². The van der Waals surface area contributed by atoms with Crippen molar-refractivity contribution in [2.24, 2.45) is 5.92 Å². The van der Waals surface area contributed by atoms with Gasteiger partial charge in [0.2, 0.25) is 5.91 Å². The van der Waals surface area contributed by atoms with Crippen molar-refractivity contribution in [3.8, 4) is 0 Å². The van der Waals surface area contributed by atoms with Crippen molar-refractivity contribution in [2.75, 3.05) is 62.2 Å². The summed E-state index contributed by atoms with van der Waals surface area (Å²) in [6, 6.07) is 12.8. The lowest BCUT2D eigenvalue weighted by Gasteiger charge is -2.36. The third-order valence-corrected chi connectivity index (χ3v) is 8.21. The Morgan fingerprint density at radius 3 is 2.71 bits per heavy atom. The quantitative estimate of drug-likeness (QED) is 0.562. The highest BCUT2D eigenvalue weighted by atomic mass is 32.1. The number of hydrogen-bond donors (Lipinski definition) is 1. The van der Waals surface area contributed by atoms with Crippen LogP contribution >= 0.6 is 11.3 Å². The van der Waals surface area contributed by atoms with Crippen LogP contribution in [0.1, 0.15) is 24.6 Å². The Bertz CT molecular complexity index is 1100. The van der Waals surface area contributed by atoms with E-state index in [0.717, 1.165) is 81.1 Å². The van der Waals surface area contributed by atoms with E-state index in [-0.39, 0.29) is 11.8 Å². The number of thiophene rings is 1. The van der Waals surface area contributed by atoms with Gasteiger partial charge in [-0.3, -0.25) is 9.69 Å². The lowest BCUT2D eigenvalue weighted by atomic mass is 9.97. The molecule has 0 radical (unpaired) electrons. The minimum atomic E-state index is 0.0120. The first-order valence-electron chi connectivity index (χ1n) is 12.5. The normalized spacial score (nSPS) is 19.5. The molecule has 1 unspecified atom stereocenters. The second kappa shape index (κ2) is 10.7. The summed E-state index contributed by atoms with van der Waals surface area (Å²) in [5.74, 6) is 1.17. The number of carbonyl (C=O) groups is 1. The summed E-state index contributed by atoms with van der Waals surface area (Å²) in [6.45, 7) is 9.59. The molecule has 2 aliphatic rings. The van der Waals surface area contributed by atoms with Crippen LogP contribution in [0.2, 0.25) is 0 Å². The molecule has 34 heavy (non-hydrogen) atoms. The van der Waals surface area contributed by atoms with Crippen molar-refractivity contribution >= 4 is 39.0 Å². The van der Waals surface area contributed by atoms with Crippen LogP contribution in [0, 0.1) is 5.92 Å². The second-order valence-corrected chi connectivity index (χ2v) is 10.3. The molecular weight excluding hydrogens is 444 g/mol. The van der Waals surface area contributed by atoms with Gasteiger partial charge >= 0.3 is 0 Å². The van der Waals surface area contributed by atoms with E-state index in [1.807, 2.05) is 0 Å². The van der Waals surface area contributed by atoms with Gasteiger partial charge in [0.05, 0.1) is 11.3 Å². The van der Waals surface area contributed by atoms with E-state index < -0.39 is 0 Å². The highest BCUT2D eigenvalue weighted by molar-refractivity contribution is 7.18. The first kappa shape index (κ1) is 23.1. The molecule has 1 aromatic carbocycles. The predicted octanol–water partition coefficient (Wildman–Crippen LogP) is 3.41. The van der Waals surface area contributed by atoms with E-state index in [1.165, 1.54) is 10.6 Å². The molecule has 7 nitrogen and oxygen atoms in total. The van der Waals surface area contributed by atoms with Crippen molar-refractivity contribution in [3.05, 3.63) is 47.6 Å². The SMILES string of the molecule is CCc1cc2c(N3CCCC(C(=O)NCCN4CCN(c5ccccc5)CC4)C3)ncnc2s1. The van der Waals surface area contributed by atoms with Gasteiger partial charge in [-0.15, -0.1) is 11.3 Å². The third-order valence-electron chi connectivity index (χ3n) is 7.02. The van der Waals surface area contributed by atoms with Gasteiger partial charge in [0.25, 0.3) is 0 Å². The molecule has 2 saturated heterocycles. The van der Waals surface area contributed by atoms with Crippen LogP contribution in [0.25, 0.3) is 10.2 Å². The third kappa shape index (κ3) is 5.18. The van der Waals surface area contributed by atoms with Gasteiger partial charge in [-0.1, -0.05) is 25.1 Å². The summed E-state index contributed by atoms with van der Waals surface area (Å²) in [5, 5.41) is 4.34. The Kier molecular flexibility index (Phi) is 7.25. The number of para-hydroxylation sites is 1. The standard InChI is InChI=1S/C26H34N6OS/c1-2-22-17-23-24(28-19-29-26(23)34-22)32-11-6-7-20(18-32)25(33)27-10-12-30-13-15-31(16-14-30)21-8-4-3-5-9-21/h3-5,8-9,17,19-20H,2,6-7,10-16,18H2,1H3,(H,27,33). The summed E-state index contributed by atoms with van der Waals surface area (Å²) in [4.78, 5) is 31.6. The summed E-state index contributed by atoms with van der Waals surface area (Å²) >= 11 is 1.74. The Morgan fingerprint density at radius 2 is 1.91 bits per heavy atom. The molecule has 0 spiro atoms. The fourth-order valence-electron chi connectivity index (χ4n) is 5.05. The largest absolute Gasteiger partial charge is 0.369 e. The summed E-state index contributed by atoms with van der Waals surface area (Å²) in [5.41, 5.74) is 1.30. The number of aromatic nitrogens is 2. The highest BCUT2D eigenvalue weighted by Crippen LogP contribution is 2.32. The van der Waals surface area contributed by atoms with E-state index in [0.29, 0.717) is 6.54 Å². The van der Waals surface area contributed by atoms with Crippen LogP contribution in [0.4, 0.5) is 11.5 Å². The summed E-state index contributed by atoms with van der Waals surface area (Å²) in [7, 11) is 0. The maximum absolute atomic E-state index is 13.0. The van der Waals surface area contributed by atoms with E-state index in [9.17, 15) is 4.79 Å². The molecule has 5 rings (SSSR count). The second-order valence-electron chi connectivity index (χ2n) is 9.22. The molecule has 0 saturated carbocycles. The first-order valence-corrected chi connectivity index (χ1v) is 13.3. The lowest BCUT2D eigenvalue weighted by molar-refractivity contribution is -0.125. The van der Waals surface area contributed by atoms with Crippen LogP contribution < -0.4 is 15.1 Å². The van der Waals surface area contributed by atoms with E-state index in [2.05, 4.69) is 73.3 Å². The average Bonchev–Trinajstić information content (AvgIpc) is 3.33. The van der Waals surface area contributed by atoms with Crippen molar-refractivity contribution in [3.63, 3.8) is 0 Å². The maximum Gasteiger partial charge on any atom is 0.224 e. The molecule has 8 heteroatoms. The van der Waals surface area contributed by atoms with E-state index in [4.69, 9.17) is 0 Å². The van der Waals surface area contributed by atoms with Crippen LogP contribution in [0.3, 0.4) is 0 Å². The molecule has 4 heterocycles. The number of benzene rings is 1. The Hall–Kier alpha value is -2.71. The zero-order valence-corrected chi connectivity index (χ0v) is 20.8. The Morgan fingerprint density at radius 1 is 1.09 bits per heavy atom. The molecule has 2 fully saturated rings. The lowest BCUT2D eigenvalue weighted by Crippen LogP contribution is -2.49. The predicted molar refractivity (Wildman–Crippen MR) is 140 cm³/mol. The topological polar surface area (TPSA) is 64.6 Å². The number of nitrogens with zero attached hydrogens (tertiary/aromatic N) is 5. The van der Waals surface area contributed by atoms with Gasteiger partial charge in [0, 0.05) is 62.9 Å². The van der Waals surface area contributed by atoms with Crippen LogP contribution in [0.5, 0.6) is 0 Å². The number of piperazine rings is 1. The zero-order valence-electron chi connectivity index (χ0n) is 19.9. The van der Waals surface area contributed by atoms with Gasteiger partial charge < -0.3 is 15.1 Å². The molecule has 2 aromatic heterocycles. The molecular formula is C26H34N6OS. The smallest absolute Gasteiger partial charge is 0.224 e. The minimum absolute atomic E-state index is 0.0120. The fraction of sp³-hybridized carbons (Fsp3) is 0.500. The number of fused-ring (bicyclic) bond motifs is 1. The number of nitrogens with one attached hydrogen (secondary N) is 1. The molecule has 0 bridgehead atoms. The van der Waals surface area contributed by atoms with Crippen LogP contribution in [0.15, 0.2) is 42.7 Å². The first-order chi connectivity index (χ1) is 16.7. The highest BCUT2D eigenvalue weighted by Gasteiger charge is 2.28. The van der Waals surface area contributed by atoms with Crippen molar-refractivity contribution < 1.29 is 4.79 Å². The van der Waals surface area contributed by atoms with Crippen molar-refractivity contribution in [1.82, 2.24) is 20.2 Å². The number of hydrogen-bond acceptors (Lipinski definition) is 7. The summed E-state index contributed by atoms with van der Waals surface area (Å²) < 4.78 is 0. The molecule has 180 valence electrons. The molecule has 1 atom stereocenters. The number of amides is 1. The van der Waals surface area contributed by atoms with Crippen molar-refractivity contribution in [1.29, 1.82) is 0 Å². The molecule has 0 aliphatic carbocycles. The number of rotatable bonds is 7. The van der Waals surface area contributed by atoms with Gasteiger partial charge in [0.15, 0.2) is 0 Å². The molecule has 3 aromatic rings. The van der Waals surface area contributed by atoms with Crippen molar-refractivity contribution in [2.45, 2.75) is 26.2 Å². The molecule has 1 amide bonds. The molecule has 1 N–H and O–H groups in total. The summed E-state index contributed by atoms with van der Waals surface area (Å²) in [6.07, 6.45) is 4.62. The number of carbonyl (C=O) groups excluding carboxylic acids is 1. The minimum Gasteiger partial charge on any atom is -0.369 e. The van der Waals surface area contributed by atoms with Gasteiger partial charge in [-0.05, 0) is 37.5 Å². The maximum atomic E-state index is 13.0. The average molecular weight is 479 g/mol. The fourth-order valence-corrected chi connectivity index (χ4v) is 5.98. The Balaban J connectivity index is 1.10. The van der Waals surface area contributed by atoms with Crippen LogP contribution in [-0.4, -0.2) is 73.1 Å². The van der Waals surface area contributed by atoms with Gasteiger partial charge in [-0.25, -0.2) is 9.97 Å². The van der Waals surface area contributed by atoms with Crippen LogP contribution in [-0.2, 0) is 11.2 Å². The number of aryl methyl sites for hydroxylation is 1. The van der Waals surface area contributed by atoms with E-state index in [1.54, 1.807) is 17.7 Å². The van der Waals surface area contributed by atoms with E-state index >= 15 is 0 Å². The van der Waals surface area contributed by atoms with Gasteiger partial charge in [0.1, 0.15) is 17.0 Å². The number of anilines is 2. The Labute approximate surface area is 205 Å². The zero-order chi connectivity index (χ0) is 23.3. The molecule has 2 aliphatic heterocycles.